The third kappa shape index (κ3) is 3.37. The van der Waals surface area contributed by atoms with Crippen LogP contribution < -0.4 is 11.1 Å². The summed E-state index contributed by atoms with van der Waals surface area (Å²) in [6.07, 6.45) is 2.01. The van der Waals surface area contributed by atoms with E-state index in [9.17, 15) is 4.79 Å². The molecule has 1 saturated heterocycles. The summed E-state index contributed by atoms with van der Waals surface area (Å²) in [4.78, 5) is 10.5. The van der Waals surface area contributed by atoms with Crippen LogP contribution in [0.5, 0.6) is 0 Å². The van der Waals surface area contributed by atoms with Crippen molar-refractivity contribution in [2.24, 2.45) is 0 Å². The fraction of sp³-hybridized carbons (Fsp3) is 0.462. The van der Waals surface area contributed by atoms with Crippen LogP contribution in [0.1, 0.15) is 18.4 Å². The van der Waals surface area contributed by atoms with E-state index in [1.807, 2.05) is 18.2 Å². The van der Waals surface area contributed by atoms with E-state index in [0.29, 0.717) is 12.1 Å². The number of carboxylic acid groups (broad SMARTS) is 1. The molecule has 1 fully saturated rings. The minimum atomic E-state index is -0.794. The maximum Gasteiger partial charge on any atom is 0.303 e. The van der Waals surface area contributed by atoms with Gasteiger partial charge in [-0.3, -0.25) is 4.79 Å². The number of aryl methyl sites for hydroxylation is 1. The maximum atomic E-state index is 10.5. The van der Waals surface area contributed by atoms with Crippen LogP contribution in [0, 0.1) is 0 Å². The lowest BCUT2D eigenvalue weighted by Gasteiger charge is -2.27. The first kappa shape index (κ1) is 12.7. The summed E-state index contributed by atoms with van der Waals surface area (Å²) in [5, 5.41) is 11.9. The van der Waals surface area contributed by atoms with Crippen molar-refractivity contribution in [3.8, 4) is 0 Å². The first-order valence-corrected chi connectivity index (χ1v) is 6.11. The molecule has 1 aromatic carbocycles. The van der Waals surface area contributed by atoms with E-state index < -0.39 is 5.97 Å². The number of nitrogens with two attached hydrogens (primary N) is 1. The second-order valence-corrected chi connectivity index (χ2v) is 4.48. The van der Waals surface area contributed by atoms with Gasteiger partial charge in [-0.1, -0.05) is 6.07 Å². The fourth-order valence-electron chi connectivity index (χ4n) is 1.85. The second kappa shape index (κ2) is 5.73. The number of hydrogen-bond acceptors (Lipinski definition) is 4. The summed E-state index contributed by atoms with van der Waals surface area (Å²) in [6.45, 7) is 1.61. The van der Waals surface area contributed by atoms with E-state index in [4.69, 9.17) is 15.6 Å². The summed E-state index contributed by atoms with van der Waals surface area (Å²) in [7, 11) is 0. The summed E-state index contributed by atoms with van der Waals surface area (Å²) >= 11 is 0. The molecule has 4 N–H and O–H groups in total. The molecule has 0 saturated carbocycles. The topological polar surface area (TPSA) is 84.6 Å². The normalized spacial score (nSPS) is 18.1. The number of aliphatic carboxylic acids is 1. The molecule has 1 atom stereocenters. The van der Waals surface area contributed by atoms with Gasteiger partial charge in [0, 0.05) is 19.6 Å². The Labute approximate surface area is 106 Å². The number of rotatable bonds is 6. The Kier molecular flexibility index (Phi) is 4.04. The molecule has 18 heavy (non-hydrogen) atoms. The first-order valence-electron chi connectivity index (χ1n) is 6.11. The lowest BCUT2D eigenvalue weighted by Crippen LogP contribution is -2.33. The second-order valence-electron chi connectivity index (χ2n) is 4.48. The molecule has 1 heterocycles. The number of nitrogen functional groups attached to an aromatic ring is 1. The molecule has 5 nitrogen and oxygen atoms in total. The van der Waals surface area contributed by atoms with E-state index in [-0.39, 0.29) is 12.5 Å². The molecule has 0 aliphatic carbocycles. The van der Waals surface area contributed by atoms with Crippen molar-refractivity contribution >= 4 is 17.3 Å². The van der Waals surface area contributed by atoms with Crippen LogP contribution in [-0.2, 0) is 16.0 Å². The maximum absolute atomic E-state index is 10.5. The van der Waals surface area contributed by atoms with E-state index in [0.717, 1.165) is 30.8 Å². The SMILES string of the molecule is Nc1cc(CCC(=O)O)ccc1NC[C@@H]1CCO1. The van der Waals surface area contributed by atoms with Gasteiger partial charge in [-0.05, 0) is 30.5 Å². The van der Waals surface area contributed by atoms with Gasteiger partial charge in [0.2, 0.25) is 0 Å². The third-order valence-electron chi connectivity index (χ3n) is 3.06. The molecule has 0 amide bonds. The number of anilines is 2. The first-order chi connectivity index (χ1) is 8.65. The summed E-state index contributed by atoms with van der Waals surface area (Å²) in [5.74, 6) is -0.794. The van der Waals surface area contributed by atoms with Gasteiger partial charge in [0.1, 0.15) is 0 Å². The molecule has 2 rings (SSSR count). The van der Waals surface area contributed by atoms with Gasteiger partial charge in [0.05, 0.1) is 17.5 Å². The predicted octanol–water partition coefficient (Wildman–Crippen LogP) is 1.49. The van der Waals surface area contributed by atoms with Crippen LogP contribution in [0.3, 0.4) is 0 Å². The number of hydrogen-bond donors (Lipinski definition) is 3. The van der Waals surface area contributed by atoms with Crippen molar-refractivity contribution in [2.75, 3.05) is 24.2 Å². The minimum absolute atomic E-state index is 0.127. The number of carbonyl (C=O) groups is 1. The lowest BCUT2D eigenvalue weighted by atomic mass is 10.1. The van der Waals surface area contributed by atoms with Gasteiger partial charge in [0.25, 0.3) is 0 Å². The van der Waals surface area contributed by atoms with Crippen LogP contribution in [0.2, 0.25) is 0 Å². The molecule has 1 aliphatic heterocycles. The van der Waals surface area contributed by atoms with Crippen molar-refractivity contribution in [1.29, 1.82) is 0 Å². The number of carboxylic acids is 1. The van der Waals surface area contributed by atoms with Gasteiger partial charge < -0.3 is 20.9 Å². The lowest BCUT2D eigenvalue weighted by molar-refractivity contribution is -0.136. The number of nitrogens with one attached hydrogen (secondary N) is 1. The van der Waals surface area contributed by atoms with Crippen molar-refractivity contribution in [2.45, 2.75) is 25.4 Å². The van der Waals surface area contributed by atoms with E-state index in [1.54, 1.807) is 0 Å². The molecular weight excluding hydrogens is 232 g/mol. The number of benzene rings is 1. The van der Waals surface area contributed by atoms with E-state index in [1.165, 1.54) is 0 Å². The van der Waals surface area contributed by atoms with Gasteiger partial charge in [-0.2, -0.15) is 0 Å². The molecule has 1 aromatic rings. The van der Waals surface area contributed by atoms with Crippen molar-refractivity contribution < 1.29 is 14.6 Å². The van der Waals surface area contributed by atoms with Crippen LogP contribution in [0.15, 0.2) is 18.2 Å². The van der Waals surface area contributed by atoms with Gasteiger partial charge in [0.15, 0.2) is 0 Å². The Morgan fingerprint density at radius 1 is 1.56 bits per heavy atom. The number of ether oxygens (including phenoxy) is 1. The Morgan fingerprint density at radius 3 is 2.89 bits per heavy atom. The minimum Gasteiger partial charge on any atom is -0.481 e. The molecule has 0 spiro atoms. The highest BCUT2D eigenvalue weighted by molar-refractivity contribution is 5.69. The summed E-state index contributed by atoms with van der Waals surface area (Å²) < 4.78 is 5.31. The fourth-order valence-corrected chi connectivity index (χ4v) is 1.85. The van der Waals surface area contributed by atoms with E-state index in [2.05, 4.69) is 5.32 Å². The standard InChI is InChI=1S/C13H18N2O3/c14-11-7-9(2-4-13(16)17)1-3-12(11)15-8-10-5-6-18-10/h1,3,7,10,15H,2,4-6,8,14H2,(H,16,17)/t10-/m0/s1. The predicted molar refractivity (Wildman–Crippen MR) is 69.7 cm³/mol. The van der Waals surface area contributed by atoms with Crippen molar-refractivity contribution in [1.82, 2.24) is 0 Å². The third-order valence-corrected chi connectivity index (χ3v) is 3.06. The molecule has 0 aromatic heterocycles. The zero-order valence-corrected chi connectivity index (χ0v) is 10.2. The van der Waals surface area contributed by atoms with Crippen LogP contribution in [0.4, 0.5) is 11.4 Å². The molecule has 1 aliphatic rings. The highest BCUT2D eigenvalue weighted by Crippen LogP contribution is 2.22. The van der Waals surface area contributed by atoms with E-state index >= 15 is 0 Å². The smallest absolute Gasteiger partial charge is 0.303 e. The Hall–Kier alpha value is -1.75. The average molecular weight is 250 g/mol. The van der Waals surface area contributed by atoms with Crippen LogP contribution in [-0.4, -0.2) is 30.3 Å². The highest BCUT2D eigenvalue weighted by Gasteiger charge is 2.17. The average Bonchev–Trinajstić information content (AvgIpc) is 2.26. The molecule has 5 heteroatoms. The molecule has 98 valence electrons. The monoisotopic (exact) mass is 250 g/mol. The zero-order chi connectivity index (χ0) is 13.0. The van der Waals surface area contributed by atoms with Gasteiger partial charge in [-0.25, -0.2) is 0 Å². The van der Waals surface area contributed by atoms with Crippen molar-refractivity contribution in [3.05, 3.63) is 23.8 Å². The quantitative estimate of drug-likeness (QED) is 0.666. The van der Waals surface area contributed by atoms with Crippen molar-refractivity contribution in [3.63, 3.8) is 0 Å². The zero-order valence-electron chi connectivity index (χ0n) is 10.2. The van der Waals surface area contributed by atoms with Crippen LogP contribution >= 0.6 is 0 Å². The van der Waals surface area contributed by atoms with Gasteiger partial charge in [-0.15, -0.1) is 0 Å². The van der Waals surface area contributed by atoms with Crippen LogP contribution in [0.25, 0.3) is 0 Å². The Morgan fingerprint density at radius 2 is 2.33 bits per heavy atom. The molecule has 0 bridgehead atoms. The Balaban J connectivity index is 1.89. The molecule has 0 radical (unpaired) electrons. The molecule has 0 unspecified atom stereocenters. The molecular formula is C13H18N2O3. The summed E-state index contributed by atoms with van der Waals surface area (Å²) in [5.41, 5.74) is 8.40. The Bertz CT molecular complexity index is 430. The summed E-state index contributed by atoms with van der Waals surface area (Å²) in [6, 6.07) is 5.63. The highest BCUT2D eigenvalue weighted by atomic mass is 16.5. The largest absolute Gasteiger partial charge is 0.481 e. The van der Waals surface area contributed by atoms with Gasteiger partial charge >= 0.3 is 5.97 Å².